The van der Waals surface area contributed by atoms with Crippen LogP contribution in [-0.2, 0) is 23.9 Å². The number of carboxylic acid groups (broad SMARTS) is 1. The fourth-order valence-corrected chi connectivity index (χ4v) is 3.59. The van der Waals surface area contributed by atoms with E-state index in [-0.39, 0.29) is 25.7 Å². The first-order valence-corrected chi connectivity index (χ1v) is 10.5. The van der Waals surface area contributed by atoms with Crippen molar-refractivity contribution in [2.45, 2.75) is 25.9 Å². The van der Waals surface area contributed by atoms with Crippen LogP contribution in [0.3, 0.4) is 0 Å². The van der Waals surface area contributed by atoms with E-state index in [0.29, 0.717) is 0 Å². The van der Waals surface area contributed by atoms with E-state index in [1.54, 1.807) is 13.8 Å². The summed E-state index contributed by atoms with van der Waals surface area (Å²) in [7, 11) is 1.32. The van der Waals surface area contributed by atoms with Crippen LogP contribution in [0.4, 0.5) is 4.79 Å². The molecule has 3 N–H and O–H groups in total. The SMILES string of the molecule is COCC(ONC(=O)C(C)(C)CNC(=O)OCC1c2ccccc2-c2ccccc21)C(=O)O. The molecule has 176 valence electrons. The molecule has 9 nitrogen and oxygen atoms in total. The van der Waals surface area contributed by atoms with Gasteiger partial charge in [0.1, 0.15) is 6.61 Å². The Bertz CT molecular complexity index is 976. The zero-order valence-corrected chi connectivity index (χ0v) is 18.8. The van der Waals surface area contributed by atoms with Crippen LogP contribution in [0.25, 0.3) is 11.1 Å². The van der Waals surface area contributed by atoms with Crippen molar-refractivity contribution < 1.29 is 33.8 Å². The number of hydroxylamine groups is 1. The molecule has 0 saturated heterocycles. The lowest BCUT2D eigenvalue weighted by molar-refractivity contribution is -0.167. The van der Waals surface area contributed by atoms with E-state index in [4.69, 9.17) is 19.4 Å². The predicted octanol–water partition coefficient (Wildman–Crippen LogP) is 2.70. The van der Waals surface area contributed by atoms with Gasteiger partial charge in [0.05, 0.1) is 12.0 Å². The molecule has 0 radical (unpaired) electrons. The number of aliphatic carboxylic acids is 1. The van der Waals surface area contributed by atoms with Crippen LogP contribution >= 0.6 is 0 Å². The Kier molecular flexibility index (Phi) is 7.67. The Labute approximate surface area is 192 Å². The van der Waals surface area contributed by atoms with Crippen molar-refractivity contribution in [2.75, 3.05) is 26.9 Å². The molecule has 0 spiro atoms. The summed E-state index contributed by atoms with van der Waals surface area (Å²) in [6.45, 7) is 3.06. The maximum absolute atomic E-state index is 12.4. The van der Waals surface area contributed by atoms with Gasteiger partial charge in [0, 0.05) is 19.6 Å². The molecule has 1 aliphatic carbocycles. The van der Waals surface area contributed by atoms with Gasteiger partial charge in [-0.1, -0.05) is 48.5 Å². The van der Waals surface area contributed by atoms with Crippen LogP contribution in [-0.4, -0.2) is 56.0 Å². The number of fused-ring (bicyclic) bond motifs is 3. The molecule has 2 aromatic carbocycles. The highest BCUT2D eigenvalue weighted by molar-refractivity contribution is 5.82. The first-order valence-electron chi connectivity index (χ1n) is 10.5. The summed E-state index contributed by atoms with van der Waals surface area (Å²) >= 11 is 0. The van der Waals surface area contributed by atoms with Crippen LogP contribution in [0.1, 0.15) is 30.9 Å². The molecule has 2 aromatic rings. The van der Waals surface area contributed by atoms with E-state index < -0.39 is 29.5 Å². The van der Waals surface area contributed by atoms with Crippen molar-refractivity contribution in [1.29, 1.82) is 0 Å². The number of carbonyl (C=O) groups is 3. The van der Waals surface area contributed by atoms with E-state index in [2.05, 4.69) is 22.9 Å². The standard InChI is InChI=1S/C24H28N2O7/c1-24(2,22(29)26-33-20(13-31-3)21(27)28)14-25-23(30)32-12-19-17-10-6-4-8-15(17)16-9-5-7-11-18(16)19/h4-11,19-20H,12-14H2,1-3H3,(H,25,30)(H,26,29)(H,27,28). The number of carboxylic acids is 1. The summed E-state index contributed by atoms with van der Waals surface area (Å²) in [4.78, 5) is 40.7. The molecule has 1 atom stereocenters. The lowest BCUT2D eigenvalue weighted by atomic mass is 9.93. The van der Waals surface area contributed by atoms with Crippen molar-refractivity contribution >= 4 is 18.0 Å². The quantitative estimate of drug-likeness (QED) is 0.470. The molecule has 1 unspecified atom stereocenters. The van der Waals surface area contributed by atoms with E-state index >= 15 is 0 Å². The third-order valence-electron chi connectivity index (χ3n) is 5.52. The van der Waals surface area contributed by atoms with Crippen LogP contribution < -0.4 is 10.8 Å². The number of amides is 2. The zero-order valence-electron chi connectivity index (χ0n) is 18.8. The maximum Gasteiger partial charge on any atom is 0.407 e. The van der Waals surface area contributed by atoms with Crippen LogP contribution in [0.5, 0.6) is 0 Å². The van der Waals surface area contributed by atoms with Crippen molar-refractivity contribution in [1.82, 2.24) is 10.8 Å². The molecule has 0 aliphatic heterocycles. The Balaban J connectivity index is 1.52. The summed E-state index contributed by atoms with van der Waals surface area (Å²) in [5.74, 6) is -1.93. The van der Waals surface area contributed by atoms with Crippen LogP contribution in [0, 0.1) is 5.41 Å². The van der Waals surface area contributed by atoms with Crippen molar-refractivity contribution in [3.63, 3.8) is 0 Å². The monoisotopic (exact) mass is 456 g/mol. The van der Waals surface area contributed by atoms with Gasteiger partial charge in [0.25, 0.3) is 5.91 Å². The molecule has 3 rings (SSSR count). The summed E-state index contributed by atoms with van der Waals surface area (Å²) in [6, 6.07) is 16.1. The summed E-state index contributed by atoms with van der Waals surface area (Å²) in [6.07, 6.45) is -1.99. The third kappa shape index (κ3) is 5.68. The second kappa shape index (κ2) is 10.5. The molecule has 0 aromatic heterocycles. The highest BCUT2D eigenvalue weighted by Crippen LogP contribution is 2.44. The van der Waals surface area contributed by atoms with Gasteiger partial charge in [-0.15, -0.1) is 0 Å². The van der Waals surface area contributed by atoms with Gasteiger partial charge >= 0.3 is 12.1 Å². The van der Waals surface area contributed by atoms with Gasteiger partial charge in [-0.2, -0.15) is 0 Å². The minimum absolute atomic E-state index is 0.0408. The molecular weight excluding hydrogens is 428 g/mol. The van der Waals surface area contributed by atoms with Crippen molar-refractivity contribution in [3.05, 3.63) is 59.7 Å². The Morgan fingerprint density at radius 2 is 1.61 bits per heavy atom. The second-order valence-electron chi connectivity index (χ2n) is 8.39. The average molecular weight is 456 g/mol. The van der Waals surface area contributed by atoms with Gasteiger partial charge in [-0.3, -0.25) is 9.63 Å². The average Bonchev–Trinajstić information content (AvgIpc) is 3.12. The largest absolute Gasteiger partial charge is 0.479 e. The number of methoxy groups -OCH3 is 1. The van der Waals surface area contributed by atoms with Gasteiger partial charge < -0.3 is 19.9 Å². The number of hydrogen-bond acceptors (Lipinski definition) is 6. The summed E-state index contributed by atoms with van der Waals surface area (Å²) in [5, 5.41) is 11.6. The Hall–Kier alpha value is -3.43. The Morgan fingerprint density at radius 1 is 1.03 bits per heavy atom. The number of rotatable bonds is 10. The number of alkyl carbamates (subject to hydrolysis) is 1. The second-order valence-corrected chi connectivity index (χ2v) is 8.39. The maximum atomic E-state index is 12.4. The highest BCUT2D eigenvalue weighted by Gasteiger charge is 2.32. The molecule has 0 heterocycles. The molecule has 9 heteroatoms. The molecular formula is C24H28N2O7. The molecule has 1 aliphatic rings. The fraction of sp³-hybridized carbons (Fsp3) is 0.375. The van der Waals surface area contributed by atoms with Gasteiger partial charge in [-0.25, -0.2) is 15.1 Å². The van der Waals surface area contributed by atoms with Crippen molar-refractivity contribution in [3.8, 4) is 11.1 Å². The lowest BCUT2D eigenvalue weighted by Gasteiger charge is -2.24. The van der Waals surface area contributed by atoms with Gasteiger partial charge in [0.15, 0.2) is 0 Å². The molecule has 0 bridgehead atoms. The van der Waals surface area contributed by atoms with Crippen LogP contribution in [0.15, 0.2) is 48.5 Å². The highest BCUT2D eigenvalue weighted by atomic mass is 16.7. The normalized spacial score (nSPS) is 13.5. The number of hydrogen-bond donors (Lipinski definition) is 3. The topological polar surface area (TPSA) is 123 Å². The van der Waals surface area contributed by atoms with E-state index in [9.17, 15) is 14.4 Å². The lowest BCUT2D eigenvalue weighted by Crippen LogP contribution is -2.47. The molecule has 2 amide bonds. The number of ether oxygens (including phenoxy) is 2. The van der Waals surface area contributed by atoms with Crippen molar-refractivity contribution in [2.24, 2.45) is 5.41 Å². The first kappa shape index (κ1) is 24.2. The predicted molar refractivity (Wildman–Crippen MR) is 119 cm³/mol. The summed E-state index contributed by atoms with van der Waals surface area (Å²) in [5.41, 5.74) is 5.51. The molecule has 0 saturated carbocycles. The third-order valence-corrected chi connectivity index (χ3v) is 5.52. The number of benzene rings is 2. The molecule has 33 heavy (non-hydrogen) atoms. The smallest absolute Gasteiger partial charge is 0.407 e. The first-order chi connectivity index (χ1) is 15.7. The minimum atomic E-state index is -1.34. The van der Waals surface area contributed by atoms with E-state index in [1.807, 2.05) is 36.4 Å². The van der Waals surface area contributed by atoms with Gasteiger partial charge in [0.2, 0.25) is 6.10 Å². The molecule has 0 fully saturated rings. The zero-order chi connectivity index (χ0) is 24.0. The number of nitrogens with one attached hydrogen (secondary N) is 2. The van der Waals surface area contributed by atoms with E-state index in [1.165, 1.54) is 7.11 Å². The number of carbonyl (C=O) groups excluding carboxylic acids is 2. The van der Waals surface area contributed by atoms with Crippen LogP contribution in [0.2, 0.25) is 0 Å². The van der Waals surface area contributed by atoms with E-state index in [0.717, 1.165) is 22.3 Å². The minimum Gasteiger partial charge on any atom is -0.479 e. The Morgan fingerprint density at radius 3 is 2.15 bits per heavy atom. The van der Waals surface area contributed by atoms with Gasteiger partial charge in [-0.05, 0) is 36.1 Å². The fourth-order valence-electron chi connectivity index (χ4n) is 3.59. The summed E-state index contributed by atoms with van der Waals surface area (Å²) < 4.78 is 10.2.